The van der Waals surface area contributed by atoms with E-state index in [4.69, 9.17) is 0 Å². The summed E-state index contributed by atoms with van der Waals surface area (Å²) < 4.78 is -1.36. The van der Waals surface area contributed by atoms with Gasteiger partial charge in [0, 0.05) is 21.3 Å². The highest BCUT2D eigenvalue weighted by atomic mass is 79.9. The summed E-state index contributed by atoms with van der Waals surface area (Å²) in [4.78, 5) is 12.9. The van der Waals surface area contributed by atoms with Crippen LogP contribution in [-0.4, -0.2) is 26.1 Å². The van der Waals surface area contributed by atoms with Gasteiger partial charge in [-0.1, -0.05) is 67.1 Å². The summed E-state index contributed by atoms with van der Waals surface area (Å²) >= 11 is 11.8. The maximum Gasteiger partial charge on any atom is 0.257 e. The van der Waals surface area contributed by atoms with Crippen molar-refractivity contribution in [2.24, 2.45) is 5.41 Å². The Kier molecular flexibility index (Phi) is 6.64. The second kappa shape index (κ2) is 7.91. The molecule has 1 amide bonds. The standard InChI is InChI=1S/C15H16Br3N3OS/c16-6-10(17)8-23-12-11(7-19)14(4-2-1-3-5-14)15(18,9-20)13(22)21-12/h10H,1-6,8H2,(H,21,22)/t10-,15+/m0/s1. The monoisotopic (exact) mass is 523 g/mol. The molecule has 0 bridgehead atoms. The van der Waals surface area contributed by atoms with Gasteiger partial charge in [-0.25, -0.2) is 0 Å². The number of nitrogens with one attached hydrogen (secondary N) is 1. The van der Waals surface area contributed by atoms with Gasteiger partial charge in [0.15, 0.2) is 0 Å². The third kappa shape index (κ3) is 3.38. The Morgan fingerprint density at radius 1 is 1.30 bits per heavy atom. The fourth-order valence-corrected chi connectivity index (χ4v) is 5.89. The van der Waals surface area contributed by atoms with Gasteiger partial charge in [-0.3, -0.25) is 4.79 Å². The van der Waals surface area contributed by atoms with Gasteiger partial charge in [0.05, 0.1) is 22.7 Å². The number of amides is 1. The minimum absolute atomic E-state index is 0.241. The van der Waals surface area contributed by atoms with Gasteiger partial charge >= 0.3 is 0 Å². The number of hydrogen-bond acceptors (Lipinski definition) is 4. The van der Waals surface area contributed by atoms with Crippen LogP contribution in [0.15, 0.2) is 10.6 Å². The third-order valence-corrected chi connectivity index (χ3v) is 9.64. The number of thioether (sulfide) groups is 1. The highest BCUT2D eigenvalue weighted by Gasteiger charge is 2.61. The fraction of sp³-hybridized carbons (Fsp3) is 0.667. The van der Waals surface area contributed by atoms with Gasteiger partial charge in [0.2, 0.25) is 4.32 Å². The minimum Gasteiger partial charge on any atom is -0.318 e. The first kappa shape index (κ1) is 19.3. The van der Waals surface area contributed by atoms with E-state index in [1.54, 1.807) is 0 Å². The van der Waals surface area contributed by atoms with Crippen LogP contribution >= 0.6 is 59.6 Å². The highest BCUT2D eigenvalue weighted by molar-refractivity contribution is 9.12. The lowest BCUT2D eigenvalue weighted by molar-refractivity contribution is -0.124. The van der Waals surface area contributed by atoms with Gasteiger partial charge in [0.1, 0.15) is 0 Å². The molecule has 1 heterocycles. The van der Waals surface area contributed by atoms with E-state index in [1.807, 2.05) is 0 Å². The van der Waals surface area contributed by atoms with E-state index in [1.165, 1.54) is 11.8 Å². The molecule has 4 nitrogen and oxygen atoms in total. The van der Waals surface area contributed by atoms with Gasteiger partial charge in [0.25, 0.3) is 5.91 Å². The Bertz CT molecular complexity index is 604. The van der Waals surface area contributed by atoms with E-state index >= 15 is 0 Å². The normalized spacial score (nSPS) is 28.0. The average Bonchev–Trinajstić information content (AvgIpc) is 2.58. The van der Waals surface area contributed by atoms with Crippen LogP contribution in [0.2, 0.25) is 0 Å². The Balaban J connectivity index is 2.49. The lowest BCUT2D eigenvalue weighted by Gasteiger charge is -2.47. The quantitative estimate of drug-likeness (QED) is 0.554. The molecule has 0 aromatic heterocycles. The zero-order chi connectivity index (χ0) is 17.1. The number of nitrogens with zero attached hydrogens (tertiary/aromatic N) is 2. The van der Waals surface area contributed by atoms with Crippen molar-refractivity contribution in [1.82, 2.24) is 5.32 Å². The number of hydrogen-bond donors (Lipinski definition) is 1. The number of rotatable bonds is 4. The van der Waals surface area contributed by atoms with Gasteiger partial charge in [-0.15, -0.1) is 11.8 Å². The molecule has 2 rings (SSSR count). The van der Waals surface area contributed by atoms with Crippen molar-refractivity contribution in [3.8, 4) is 12.1 Å². The maximum atomic E-state index is 12.6. The number of allylic oxidation sites excluding steroid dienone is 1. The van der Waals surface area contributed by atoms with E-state index in [2.05, 4.69) is 65.2 Å². The minimum atomic E-state index is -1.36. The Morgan fingerprint density at radius 2 is 1.96 bits per heavy atom. The summed E-state index contributed by atoms with van der Waals surface area (Å²) in [6, 6.07) is 4.45. The van der Waals surface area contributed by atoms with Crippen LogP contribution in [0.5, 0.6) is 0 Å². The maximum absolute atomic E-state index is 12.6. The largest absolute Gasteiger partial charge is 0.318 e. The first-order valence-corrected chi connectivity index (χ1v) is 11.2. The lowest BCUT2D eigenvalue weighted by atomic mass is 9.61. The van der Waals surface area contributed by atoms with E-state index in [0.717, 1.165) is 30.3 Å². The Morgan fingerprint density at radius 3 is 2.48 bits per heavy atom. The zero-order valence-corrected chi connectivity index (χ0v) is 17.9. The predicted molar refractivity (Wildman–Crippen MR) is 103 cm³/mol. The molecule has 8 heteroatoms. The number of carbonyl (C=O) groups excluding carboxylic acids is 1. The molecule has 0 aromatic carbocycles. The summed E-state index contributed by atoms with van der Waals surface area (Å²) in [6.07, 6.45) is 4.29. The first-order chi connectivity index (χ1) is 10.9. The average molecular weight is 526 g/mol. The molecule has 2 atom stereocenters. The van der Waals surface area contributed by atoms with Crippen LogP contribution in [0, 0.1) is 28.1 Å². The second-order valence-corrected chi connectivity index (χ2v) is 9.91. The SMILES string of the molecule is N#CC1=C(SC[C@@H](Br)CBr)NC(=O)[C@](Br)(C#N)C12CCCCC2. The van der Waals surface area contributed by atoms with Crippen molar-refractivity contribution in [2.45, 2.75) is 41.3 Å². The summed E-state index contributed by atoms with van der Waals surface area (Å²) in [5, 5.41) is 23.7. The van der Waals surface area contributed by atoms with Gasteiger partial charge in [-0.05, 0) is 12.8 Å². The van der Waals surface area contributed by atoms with Crippen molar-refractivity contribution < 1.29 is 4.79 Å². The number of halogens is 3. The van der Waals surface area contributed by atoms with Crippen molar-refractivity contribution in [2.75, 3.05) is 11.1 Å². The molecular weight excluding hydrogens is 510 g/mol. The van der Waals surface area contributed by atoms with Crippen LogP contribution < -0.4 is 5.32 Å². The van der Waals surface area contributed by atoms with E-state index in [-0.39, 0.29) is 10.7 Å². The van der Waals surface area contributed by atoms with Crippen molar-refractivity contribution in [1.29, 1.82) is 10.5 Å². The summed E-state index contributed by atoms with van der Waals surface area (Å²) in [5.41, 5.74) is -0.176. The molecule has 1 spiro atoms. The molecular formula is C15H16Br3N3OS. The number of alkyl halides is 3. The first-order valence-electron chi connectivity index (χ1n) is 7.34. The Labute approximate surface area is 165 Å². The van der Waals surface area contributed by atoms with E-state index in [9.17, 15) is 15.3 Å². The van der Waals surface area contributed by atoms with Crippen molar-refractivity contribution >= 4 is 65.5 Å². The molecule has 1 saturated carbocycles. The summed E-state index contributed by atoms with van der Waals surface area (Å²) in [5.74, 6) is 0.373. The fourth-order valence-electron chi connectivity index (χ4n) is 3.25. The topological polar surface area (TPSA) is 76.7 Å². The van der Waals surface area contributed by atoms with Crippen LogP contribution in [0.4, 0.5) is 0 Å². The van der Waals surface area contributed by atoms with Crippen molar-refractivity contribution in [3.05, 3.63) is 10.6 Å². The smallest absolute Gasteiger partial charge is 0.257 e. The van der Waals surface area contributed by atoms with Crippen LogP contribution in [0.25, 0.3) is 0 Å². The predicted octanol–water partition coefficient (Wildman–Crippen LogP) is 4.35. The second-order valence-electron chi connectivity index (χ2n) is 5.75. The molecule has 124 valence electrons. The lowest BCUT2D eigenvalue weighted by Crippen LogP contribution is -2.58. The molecule has 0 unspecified atom stereocenters. The van der Waals surface area contributed by atoms with E-state index in [0.29, 0.717) is 23.4 Å². The van der Waals surface area contributed by atoms with Gasteiger partial charge in [-0.2, -0.15) is 10.5 Å². The zero-order valence-electron chi connectivity index (χ0n) is 12.4. The van der Waals surface area contributed by atoms with Gasteiger partial charge < -0.3 is 5.32 Å². The van der Waals surface area contributed by atoms with Crippen molar-refractivity contribution in [3.63, 3.8) is 0 Å². The summed E-state index contributed by atoms with van der Waals surface area (Å²) in [7, 11) is 0. The molecule has 0 saturated heterocycles. The van der Waals surface area contributed by atoms with Crippen LogP contribution in [0.3, 0.4) is 0 Å². The Hall–Kier alpha value is -0.0200. The molecule has 1 N–H and O–H groups in total. The molecule has 1 aliphatic carbocycles. The number of nitriles is 2. The number of carbonyl (C=O) groups is 1. The molecule has 1 fully saturated rings. The van der Waals surface area contributed by atoms with E-state index < -0.39 is 9.74 Å². The molecule has 0 aromatic rings. The van der Waals surface area contributed by atoms with Crippen LogP contribution in [-0.2, 0) is 4.79 Å². The summed E-state index contributed by atoms with van der Waals surface area (Å²) in [6.45, 7) is 0. The third-order valence-electron chi connectivity index (χ3n) is 4.45. The van der Waals surface area contributed by atoms with Crippen LogP contribution in [0.1, 0.15) is 32.1 Å². The molecule has 23 heavy (non-hydrogen) atoms. The molecule has 1 aliphatic heterocycles. The highest BCUT2D eigenvalue weighted by Crippen LogP contribution is 2.57. The molecule has 2 aliphatic rings. The molecule has 0 radical (unpaired) electrons.